The van der Waals surface area contributed by atoms with Crippen molar-refractivity contribution in [2.45, 2.75) is 17.9 Å². The molecule has 4 rings (SSSR count). The number of benzene rings is 1. The van der Waals surface area contributed by atoms with Crippen LogP contribution in [0, 0.1) is 28.5 Å². The van der Waals surface area contributed by atoms with Crippen LogP contribution < -0.4 is 5.73 Å². The van der Waals surface area contributed by atoms with Gasteiger partial charge in [-0.1, -0.05) is 30.0 Å². The molecule has 0 fully saturated rings. The molecule has 2 N–H and O–H groups in total. The lowest BCUT2D eigenvalue weighted by molar-refractivity contribution is -0.139. The molecule has 1 aliphatic rings. The summed E-state index contributed by atoms with van der Waals surface area (Å²) in [6, 6.07) is 17.0. The van der Waals surface area contributed by atoms with Gasteiger partial charge >= 0.3 is 5.97 Å². The summed E-state index contributed by atoms with van der Waals surface area (Å²) in [7, 11) is 0. The fourth-order valence-electron chi connectivity index (χ4n) is 3.71. The number of carbonyl (C=O) groups excluding carboxylic acids is 1. The molecule has 1 aromatic carbocycles. The van der Waals surface area contributed by atoms with Crippen LogP contribution in [-0.4, -0.2) is 23.3 Å². The third-order valence-corrected chi connectivity index (χ3v) is 7.15. The first-order chi connectivity index (χ1) is 17.5. The quantitative estimate of drug-likeness (QED) is 0.333. The van der Waals surface area contributed by atoms with Gasteiger partial charge in [0.15, 0.2) is 0 Å². The molecule has 180 valence electrons. The highest BCUT2D eigenvalue weighted by Crippen LogP contribution is 2.41. The van der Waals surface area contributed by atoms with E-state index in [1.807, 2.05) is 23.6 Å². The number of hydrogen-bond donors (Lipinski definition) is 1. The molecular weight excluding hydrogens is 499 g/mol. The van der Waals surface area contributed by atoms with Gasteiger partial charge in [-0.2, -0.15) is 10.5 Å². The molecule has 0 saturated heterocycles. The largest absolute Gasteiger partial charge is 0.463 e. The van der Waals surface area contributed by atoms with Crippen LogP contribution in [0.1, 0.15) is 24.0 Å². The highest BCUT2D eigenvalue weighted by molar-refractivity contribution is 7.99. The number of halogens is 1. The maximum absolute atomic E-state index is 14.1. The van der Waals surface area contributed by atoms with Gasteiger partial charge in [0, 0.05) is 0 Å². The van der Waals surface area contributed by atoms with Crippen LogP contribution in [0.25, 0.3) is 10.6 Å². The first kappa shape index (κ1) is 25.0. The van der Waals surface area contributed by atoms with Gasteiger partial charge in [-0.3, -0.25) is 0 Å². The predicted octanol–water partition coefficient (Wildman–Crippen LogP) is 5.24. The monoisotopic (exact) mass is 518 g/mol. The number of esters is 1. The second kappa shape index (κ2) is 11.1. The molecule has 3 heterocycles. The second-order valence-electron chi connectivity index (χ2n) is 7.46. The molecule has 7 nitrogen and oxygen atoms in total. The highest BCUT2D eigenvalue weighted by atomic mass is 32.2. The van der Waals surface area contributed by atoms with Crippen LogP contribution in [0.4, 0.5) is 4.39 Å². The maximum Gasteiger partial charge on any atom is 0.338 e. The summed E-state index contributed by atoms with van der Waals surface area (Å²) in [4.78, 5) is 18.7. The van der Waals surface area contributed by atoms with Crippen molar-refractivity contribution < 1.29 is 18.7 Å². The van der Waals surface area contributed by atoms with Gasteiger partial charge < -0.3 is 15.2 Å². The third kappa shape index (κ3) is 5.10. The van der Waals surface area contributed by atoms with E-state index in [2.05, 4.69) is 11.1 Å². The Hall–Kier alpha value is -4.12. The number of ether oxygens (including phenoxy) is 2. The van der Waals surface area contributed by atoms with E-state index in [9.17, 15) is 19.7 Å². The normalized spacial score (nSPS) is 15.2. The van der Waals surface area contributed by atoms with E-state index in [1.54, 1.807) is 25.1 Å². The maximum atomic E-state index is 14.1. The fourth-order valence-corrected chi connectivity index (χ4v) is 5.32. The molecule has 1 aliphatic heterocycles. The van der Waals surface area contributed by atoms with Gasteiger partial charge in [0.25, 0.3) is 0 Å². The number of allylic oxidation sites excluding steroid dienone is 1. The summed E-state index contributed by atoms with van der Waals surface area (Å²) in [5, 5.41) is 21.8. The minimum Gasteiger partial charge on any atom is -0.463 e. The summed E-state index contributed by atoms with van der Waals surface area (Å²) in [6.07, 6.45) is 0. The molecule has 36 heavy (non-hydrogen) atoms. The third-order valence-electron chi connectivity index (χ3n) is 5.27. The Kier molecular flexibility index (Phi) is 7.69. The average Bonchev–Trinajstić information content (AvgIpc) is 3.42. The van der Waals surface area contributed by atoms with Crippen molar-refractivity contribution in [3.05, 3.63) is 93.6 Å². The molecule has 3 aromatic rings. The number of hydrogen-bond acceptors (Lipinski definition) is 9. The van der Waals surface area contributed by atoms with Crippen LogP contribution in [0.3, 0.4) is 0 Å². The zero-order valence-electron chi connectivity index (χ0n) is 19.0. The van der Waals surface area contributed by atoms with Crippen molar-refractivity contribution in [1.82, 2.24) is 4.98 Å². The smallest absolute Gasteiger partial charge is 0.338 e. The molecule has 0 radical (unpaired) electrons. The minimum atomic E-state index is -0.977. The lowest BCUT2D eigenvalue weighted by atomic mass is 9.83. The number of carbonyl (C=O) groups is 1. The van der Waals surface area contributed by atoms with E-state index in [0.717, 1.165) is 4.88 Å². The van der Waals surface area contributed by atoms with Crippen LogP contribution in [-0.2, 0) is 14.3 Å². The summed E-state index contributed by atoms with van der Waals surface area (Å²) >= 11 is 2.71. The summed E-state index contributed by atoms with van der Waals surface area (Å²) in [5.41, 5.74) is 7.53. The van der Waals surface area contributed by atoms with Gasteiger partial charge in [-0.15, -0.1) is 11.3 Å². The van der Waals surface area contributed by atoms with E-state index < -0.39 is 17.7 Å². The fraction of sp³-hybridized carbons (Fsp3) is 0.154. The number of rotatable bonds is 7. The topological polar surface area (TPSA) is 122 Å². The Morgan fingerprint density at radius 2 is 2.08 bits per heavy atom. The molecule has 0 bridgehead atoms. The average molecular weight is 519 g/mol. The molecule has 0 unspecified atom stereocenters. The second-order valence-corrected chi connectivity index (χ2v) is 9.38. The number of thiophene rings is 1. The first-order valence-electron chi connectivity index (χ1n) is 10.8. The van der Waals surface area contributed by atoms with Gasteiger partial charge in [0.05, 0.1) is 40.0 Å². The van der Waals surface area contributed by atoms with Crippen LogP contribution >= 0.6 is 23.1 Å². The minimum absolute atomic E-state index is 0.0204. The molecule has 2 aromatic heterocycles. The standard InChI is InChI=1S/C26H19FN4O3S2/c1-2-33-26(32)23-20(34-24(30)18(13-29)22(23)15-5-3-6-17(27)11-15)14-36-25-16(12-28)8-9-19(31-25)21-7-4-10-35-21/h3-11,22H,2,14,30H2,1H3/t22-/m1/s1. The first-order valence-corrected chi connectivity index (χ1v) is 12.6. The van der Waals surface area contributed by atoms with Crippen molar-refractivity contribution in [2.24, 2.45) is 5.73 Å². The number of nitrogens with zero attached hydrogens (tertiary/aromatic N) is 3. The number of nitriles is 2. The zero-order valence-corrected chi connectivity index (χ0v) is 20.7. The van der Waals surface area contributed by atoms with Crippen LogP contribution in [0.15, 0.2) is 81.7 Å². The van der Waals surface area contributed by atoms with Gasteiger partial charge in [0.2, 0.25) is 5.88 Å². The molecule has 0 saturated carbocycles. The zero-order chi connectivity index (χ0) is 25.7. The van der Waals surface area contributed by atoms with Gasteiger partial charge in [0.1, 0.15) is 34.3 Å². The van der Waals surface area contributed by atoms with Crippen LogP contribution in [0.2, 0.25) is 0 Å². The van der Waals surface area contributed by atoms with E-state index in [-0.39, 0.29) is 35.1 Å². The molecule has 10 heteroatoms. The van der Waals surface area contributed by atoms with Crippen molar-refractivity contribution >= 4 is 29.1 Å². The SMILES string of the molecule is CCOC(=O)C1=C(CSc2nc(-c3cccs3)ccc2C#N)OC(N)=C(C#N)[C@H]1c1cccc(F)c1. The lowest BCUT2D eigenvalue weighted by Gasteiger charge is -2.28. The Bertz CT molecular complexity index is 1450. The lowest BCUT2D eigenvalue weighted by Crippen LogP contribution is -2.27. The van der Waals surface area contributed by atoms with Crippen molar-refractivity contribution in [2.75, 3.05) is 12.4 Å². The summed E-state index contributed by atoms with van der Waals surface area (Å²) in [5.74, 6) is -2.18. The molecule has 1 atom stereocenters. The number of thioether (sulfide) groups is 1. The molecule has 0 spiro atoms. The summed E-state index contributed by atoms with van der Waals surface area (Å²) < 4.78 is 25.1. The Labute approximate surface area is 215 Å². The van der Waals surface area contributed by atoms with E-state index >= 15 is 0 Å². The van der Waals surface area contributed by atoms with E-state index in [4.69, 9.17) is 15.2 Å². The Morgan fingerprint density at radius 1 is 1.25 bits per heavy atom. The predicted molar refractivity (Wildman–Crippen MR) is 134 cm³/mol. The number of pyridine rings is 1. The number of aromatic nitrogens is 1. The van der Waals surface area contributed by atoms with Crippen LogP contribution in [0.5, 0.6) is 0 Å². The van der Waals surface area contributed by atoms with Gasteiger partial charge in [-0.25, -0.2) is 14.2 Å². The van der Waals surface area contributed by atoms with E-state index in [0.29, 0.717) is 21.8 Å². The molecule has 0 aliphatic carbocycles. The summed E-state index contributed by atoms with van der Waals surface area (Å²) in [6.45, 7) is 1.74. The molecule has 0 amide bonds. The van der Waals surface area contributed by atoms with Crippen molar-refractivity contribution in [3.63, 3.8) is 0 Å². The van der Waals surface area contributed by atoms with E-state index in [1.165, 1.54) is 41.3 Å². The molecular formula is C26H19FN4O3S2. The number of nitrogens with two attached hydrogens (primary N) is 1. The Morgan fingerprint density at radius 3 is 2.75 bits per heavy atom. The van der Waals surface area contributed by atoms with Gasteiger partial charge in [-0.05, 0) is 48.2 Å². The van der Waals surface area contributed by atoms with Crippen molar-refractivity contribution in [1.29, 1.82) is 10.5 Å². The highest BCUT2D eigenvalue weighted by Gasteiger charge is 2.38. The van der Waals surface area contributed by atoms with Crippen molar-refractivity contribution in [3.8, 4) is 22.7 Å². The Balaban J connectivity index is 1.77.